The average molecular weight is 610 g/mol. The predicted octanol–water partition coefficient (Wildman–Crippen LogP) is 11.6. The summed E-state index contributed by atoms with van der Waals surface area (Å²) in [6.45, 7) is 0. The molecule has 0 amide bonds. The molecule has 7 aromatic carbocycles. The molecule has 0 saturated carbocycles. The Bertz CT molecular complexity index is 2700. The third kappa shape index (κ3) is 4.76. The molecule has 0 saturated heterocycles. The molecule has 9 rings (SSSR count). The summed E-state index contributed by atoms with van der Waals surface area (Å²) in [6.07, 6.45) is 1.83. The summed E-state index contributed by atoms with van der Waals surface area (Å²) in [5.41, 5.74) is 12.9. The maximum absolute atomic E-state index is 9.13. The number of benzene rings is 7. The smallest absolute Gasteiger partial charge is 0.0991 e. The van der Waals surface area contributed by atoms with Crippen LogP contribution in [0.25, 0.3) is 88.0 Å². The van der Waals surface area contributed by atoms with Gasteiger partial charge in [0.15, 0.2) is 0 Å². The minimum atomic E-state index is 0.670. The lowest BCUT2D eigenvalue weighted by atomic mass is 9.91. The lowest BCUT2D eigenvalue weighted by molar-refractivity contribution is 1.40. The van der Waals surface area contributed by atoms with Crippen LogP contribution in [-0.4, -0.2) is 9.97 Å². The van der Waals surface area contributed by atoms with E-state index in [1.807, 2.05) is 36.5 Å². The summed E-state index contributed by atoms with van der Waals surface area (Å²) >= 11 is 0. The number of aromatic nitrogens is 2. The van der Waals surface area contributed by atoms with Crippen LogP contribution in [0.2, 0.25) is 0 Å². The van der Waals surface area contributed by atoms with Crippen LogP contribution in [0.1, 0.15) is 5.56 Å². The monoisotopic (exact) mass is 609 g/mol. The van der Waals surface area contributed by atoms with Gasteiger partial charge >= 0.3 is 0 Å². The molecule has 2 heterocycles. The van der Waals surface area contributed by atoms with Crippen molar-refractivity contribution < 1.29 is 0 Å². The van der Waals surface area contributed by atoms with Crippen LogP contribution in [0, 0.1) is 11.3 Å². The number of pyridine rings is 2. The summed E-state index contributed by atoms with van der Waals surface area (Å²) in [5, 5.41) is 14.9. The van der Waals surface area contributed by atoms with Gasteiger partial charge in [-0.25, -0.2) is 4.98 Å². The van der Waals surface area contributed by atoms with E-state index < -0.39 is 0 Å². The summed E-state index contributed by atoms with van der Waals surface area (Å²) in [5.74, 6) is 0. The van der Waals surface area contributed by atoms with E-state index >= 15 is 0 Å². The first-order chi connectivity index (χ1) is 23.7. The minimum Gasteiger partial charge on any atom is -0.254 e. The molecule has 0 N–H and O–H groups in total. The van der Waals surface area contributed by atoms with Gasteiger partial charge in [-0.2, -0.15) is 5.26 Å². The Morgan fingerprint density at radius 2 is 0.979 bits per heavy atom. The molecule has 0 aliphatic carbocycles. The molecular weight excluding hydrogens is 583 g/mol. The zero-order valence-electron chi connectivity index (χ0n) is 25.9. The molecule has 9 aromatic rings. The van der Waals surface area contributed by atoms with E-state index in [1.54, 1.807) is 0 Å². The standard InChI is InChI=1S/C45H27N3/c46-28-29-7-9-30(10-8-29)31-11-15-33(16-12-31)39-22-23-40(42-6-2-1-5-41(39)42)34-17-13-32(14-18-34)36-21-24-43-38(26-36)27-37-20-19-35-4-3-25-47-44(35)45(37)48-43/h1-27H. The van der Waals surface area contributed by atoms with Crippen LogP contribution in [0.15, 0.2) is 164 Å². The number of fused-ring (bicyclic) bond motifs is 5. The van der Waals surface area contributed by atoms with E-state index in [-0.39, 0.29) is 0 Å². The highest BCUT2D eigenvalue weighted by atomic mass is 14.7. The van der Waals surface area contributed by atoms with E-state index in [2.05, 4.69) is 138 Å². The Hall–Kier alpha value is -6.63. The fourth-order valence-corrected chi connectivity index (χ4v) is 6.84. The van der Waals surface area contributed by atoms with Crippen molar-refractivity contribution in [2.45, 2.75) is 0 Å². The van der Waals surface area contributed by atoms with E-state index in [0.717, 1.165) is 43.8 Å². The zero-order valence-corrected chi connectivity index (χ0v) is 25.9. The second-order valence-electron chi connectivity index (χ2n) is 12.2. The average Bonchev–Trinajstić information content (AvgIpc) is 3.16. The van der Waals surface area contributed by atoms with Gasteiger partial charge in [-0.15, -0.1) is 0 Å². The summed E-state index contributed by atoms with van der Waals surface area (Å²) in [4.78, 5) is 9.61. The van der Waals surface area contributed by atoms with E-state index in [4.69, 9.17) is 10.2 Å². The SMILES string of the molecule is N#Cc1ccc(-c2ccc(-c3ccc(-c4ccc(-c5ccc6nc7c(ccc8cccnc87)cc6c5)cc4)c4ccccc34)cc2)cc1. The highest BCUT2D eigenvalue weighted by molar-refractivity contribution is 6.07. The van der Waals surface area contributed by atoms with E-state index in [1.165, 1.54) is 44.2 Å². The van der Waals surface area contributed by atoms with Crippen molar-refractivity contribution in [1.29, 1.82) is 5.26 Å². The van der Waals surface area contributed by atoms with Crippen LogP contribution >= 0.6 is 0 Å². The molecular formula is C45H27N3. The summed E-state index contributed by atoms with van der Waals surface area (Å²) in [7, 11) is 0. The number of rotatable bonds is 4. The number of nitrogens with zero attached hydrogens (tertiary/aromatic N) is 3. The molecule has 0 spiro atoms. The van der Waals surface area contributed by atoms with Crippen LogP contribution in [-0.2, 0) is 0 Å². The first-order valence-corrected chi connectivity index (χ1v) is 16.0. The minimum absolute atomic E-state index is 0.670. The van der Waals surface area contributed by atoms with Gasteiger partial charge in [-0.1, -0.05) is 121 Å². The Balaban J connectivity index is 1.04. The van der Waals surface area contributed by atoms with Crippen LogP contribution in [0.5, 0.6) is 0 Å². The van der Waals surface area contributed by atoms with Crippen LogP contribution < -0.4 is 0 Å². The lowest BCUT2D eigenvalue weighted by Crippen LogP contribution is -1.88. The predicted molar refractivity (Wildman–Crippen MR) is 199 cm³/mol. The van der Waals surface area contributed by atoms with Crippen molar-refractivity contribution in [2.75, 3.05) is 0 Å². The Morgan fingerprint density at radius 3 is 1.62 bits per heavy atom. The molecule has 0 atom stereocenters. The molecule has 0 aliphatic rings. The van der Waals surface area contributed by atoms with Gasteiger partial charge < -0.3 is 0 Å². The topological polar surface area (TPSA) is 49.6 Å². The normalized spacial score (nSPS) is 11.3. The van der Waals surface area contributed by atoms with Gasteiger partial charge in [0.1, 0.15) is 0 Å². The molecule has 0 aliphatic heterocycles. The third-order valence-corrected chi connectivity index (χ3v) is 9.35. The lowest BCUT2D eigenvalue weighted by Gasteiger charge is -2.13. The van der Waals surface area contributed by atoms with Crippen molar-refractivity contribution in [1.82, 2.24) is 9.97 Å². The van der Waals surface area contributed by atoms with E-state index in [0.29, 0.717) is 5.56 Å². The van der Waals surface area contributed by atoms with Crippen molar-refractivity contribution >= 4 is 43.5 Å². The third-order valence-electron chi connectivity index (χ3n) is 9.35. The summed E-state index contributed by atoms with van der Waals surface area (Å²) < 4.78 is 0. The Morgan fingerprint density at radius 1 is 0.417 bits per heavy atom. The first kappa shape index (κ1) is 27.7. The van der Waals surface area contributed by atoms with Crippen molar-refractivity contribution in [3.63, 3.8) is 0 Å². The van der Waals surface area contributed by atoms with Crippen LogP contribution in [0.3, 0.4) is 0 Å². The van der Waals surface area contributed by atoms with Gasteiger partial charge in [0.2, 0.25) is 0 Å². The van der Waals surface area contributed by atoms with Crippen molar-refractivity contribution in [3.05, 3.63) is 169 Å². The van der Waals surface area contributed by atoms with Gasteiger partial charge in [0.05, 0.1) is 28.2 Å². The highest BCUT2D eigenvalue weighted by Crippen LogP contribution is 2.37. The van der Waals surface area contributed by atoms with Gasteiger partial charge in [-0.3, -0.25) is 4.98 Å². The molecule has 3 nitrogen and oxygen atoms in total. The zero-order chi connectivity index (χ0) is 32.0. The first-order valence-electron chi connectivity index (χ1n) is 16.0. The van der Waals surface area contributed by atoms with Crippen molar-refractivity contribution in [3.8, 4) is 50.6 Å². The van der Waals surface area contributed by atoms with Gasteiger partial charge in [0.25, 0.3) is 0 Å². The quantitative estimate of drug-likeness (QED) is 0.147. The molecule has 2 aromatic heterocycles. The maximum Gasteiger partial charge on any atom is 0.0991 e. The molecule has 0 bridgehead atoms. The summed E-state index contributed by atoms with van der Waals surface area (Å²) in [6, 6.07) is 57.6. The van der Waals surface area contributed by atoms with Gasteiger partial charge in [-0.05, 0) is 91.7 Å². The molecule has 222 valence electrons. The molecule has 0 fully saturated rings. The number of hydrogen-bond acceptors (Lipinski definition) is 3. The number of nitriles is 1. The fourth-order valence-electron chi connectivity index (χ4n) is 6.84. The second-order valence-corrected chi connectivity index (χ2v) is 12.2. The molecule has 48 heavy (non-hydrogen) atoms. The molecule has 0 unspecified atom stereocenters. The van der Waals surface area contributed by atoms with Gasteiger partial charge in [0, 0.05) is 22.4 Å². The van der Waals surface area contributed by atoms with E-state index in [9.17, 15) is 0 Å². The fraction of sp³-hybridized carbons (Fsp3) is 0. The van der Waals surface area contributed by atoms with Crippen molar-refractivity contribution in [2.24, 2.45) is 0 Å². The van der Waals surface area contributed by atoms with Crippen LogP contribution in [0.4, 0.5) is 0 Å². The number of hydrogen-bond donors (Lipinski definition) is 0. The highest BCUT2D eigenvalue weighted by Gasteiger charge is 2.11. The second kappa shape index (κ2) is 11.3. The largest absolute Gasteiger partial charge is 0.254 e. The molecule has 0 radical (unpaired) electrons. The molecule has 3 heteroatoms. The Kier molecular flexibility index (Phi) is 6.52. The Labute approximate surface area is 278 Å². The maximum atomic E-state index is 9.13.